The monoisotopic (exact) mass is 424 g/mol. The molecule has 0 fully saturated rings. The maximum absolute atomic E-state index is 5.04. The zero-order chi connectivity index (χ0) is 21.9. The molecule has 32 heavy (non-hydrogen) atoms. The third kappa shape index (κ3) is 4.16. The van der Waals surface area contributed by atoms with E-state index in [1.165, 1.54) is 34.7 Å². The van der Waals surface area contributed by atoms with Gasteiger partial charge >= 0.3 is 0 Å². The molecule has 5 aromatic rings. The van der Waals surface area contributed by atoms with E-state index in [9.17, 15) is 0 Å². The Hall–Kier alpha value is -3.08. The first-order chi connectivity index (χ1) is 15.7. The molecule has 0 atom stereocenters. The Bertz CT molecular complexity index is 1300. The van der Waals surface area contributed by atoms with Crippen LogP contribution in [0.1, 0.15) is 37.8 Å². The molecular weight excluding hydrogens is 392 g/mol. The lowest BCUT2D eigenvalue weighted by atomic mass is 10.0. The topological polar surface area (TPSA) is 59.0 Å². The first kappa shape index (κ1) is 20.8. The third-order valence-electron chi connectivity index (χ3n) is 6.23. The summed E-state index contributed by atoms with van der Waals surface area (Å²) in [4.78, 5) is 10.1. The van der Waals surface area contributed by atoms with E-state index in [-0.39, 0.29) is 0 Å². The van der Waals surface area contributed by atoms with Gasteiger partial charge < -0.3 is 10.6 Å². The Morgan fingerprint density at radius 1 is 0.562 bits per heavy atom. The van der Waals surface area contributed by atoms with Gasteiger partial charge in [0.05, 0.1) is 35.2 Å². The van der Waals surface area contributed by atoms with Gasteiger partial charge in [-0.15, -0.1) is 0 Å². The molecule has 4 nitrogen and oxygen atoms in total. The second-order valence-corrected chi connectivity index (χ2v) is 8.80. The highest BCUT2D eigenvalue weighted by atomic mass is 14.8. The highest BCUT2D eigenvalue weighted by Gasteiger charge is 2.09. The van der Waals surface area contributed by atoms with Crippen LogP contribution >= 0.6 is 0 Å². The number of nitrogens with zero attached hydrogens (tertiary/aromatic N) is 2. The lowest BCUT2D eigenvalue weighted by Crippen LogP contribution is -2.82. The van der Waals surface area contributed by atoms with Crippen LogP contribution in [0.5, 0.6) is 0 Å². The van der Waals surface area contributed by atoms with Gasteiger partial charge in [-0.1, -0.05) is 38.1 Å². The van der Waals surface area contributed by atoms with E-state index < -0.39 is 0 Å². The standard InChI is InChI=1S/C28H30N4/c1-3-11-29-17-19-5-9-25-23(13-19)15-21-7-8-22-16-24-14-20(18-30-12-4-2)6-10-26(24)32-28(22)27(21)31-25/h5-10,13-16,29-30H,3-4,11-12,17-18H2,1-2H3/p+2. The average Bonchev–Trinajstić information content (AvgIpc) is 2.82. The predicted molar refractivity (Wildman–Crippen MR) is 134 cm³/mol. The lowest BCUT2D eigenvalue weighted by Gasteiger charge is -2.09. The molecule has 4 heteroatoms. The number of rotatable bonds is 8. The number of hydrogen-bond acceptors (Lipinski definition) is 2. The van der Waals surface area contributed by atoms with Crippen LogP contribution in [0, 0.1) is 0 Å². The van der Waals surface area contributed by atoms with Crippen LogP contribution in [0.2, 0.25) is 0 Å². The lowest BCUT2D eigenvalue weighted by molar-refractivity contribution is -0.670. The third-order valence-corrected chi connectivity index (χ3v) is 6.23. The molecule has 2 heterocycles. The molecule has 0 unspecified atom stereocenters. The summed E-state index contributed by atoms with van der Waals surface area (Å²) in [6.07, 6.45) is 2.40. The predicted octanol–water partition coefficient (Wildman–Crippen LogP) is 4.04. The van der Waals surface area contributed by atoms with Crippen LogP contribution in [-0.2, 0) is 13.1 Å². The molecule has 162 valence electrons. The molecule has 5 rings (SSSR count). The molecule has 0 aliphatic carbocycles. The Labute approximate surface area is 189 Å². The summed E-state index contributed by atoms with van der Waals surface area (Å²) in [5, 5.41) is 9.44. The van der Waals surface area contributed by atoms with Gasteiger partial charge in [0.15, 0.2) is 0 Å². The second kappa shape index (κ2) is 9.19. The number of hydrogen-bond donors (Lipinski definition) is 2. The van der Waals surface area contributed by atoms with Crippen LogP contribution in [0.15, 0.2) is 60.7 Å². The molecule has 0 spiro atoms. The van der Waals surface area contributed by atoms with Crippen LogP contribution in [0.3, 0.4) is 0 Å². The van der Waals surface area contributed by atoms with Crippen molar-refractivity contribution in [1.29, 1.82) is 0 Å². The maximum atomic E-state index is 5.04. The SMILES string of the molecule is CCC[NH2+]Cc1ccc2nc3c(ccc4cc5cc(C[NH2+]CCC)ccc5nc43)cc2c1. The van der Waals surface area contributed by atoms with Gasteiger partial charge in [-0.2, -0.15) is 0 Å². The van der Waals surface area contributed by atoms with Gasteiger partial charge in [-0.05, 0) is 49.2 Å². The minimum absolute atomic E-state index is 0.988. The highest BCUT2D eigenvalue weighted by molar-refractivity contribution is 6.09. The Morgan fingerprint density at radius 2 is 1.03 bits per heavy atom. The van der Waals surface area contributed by atoms with Crippen molar-refractivity contribution in [2.45, 2.75) is 39.8 Å². The summed E-state index contributed by atoms with van der Waals surface area (Å²) in [5.74, 6) is 0. The van der Waals surface area contributed by atoms with Gasteiger partial charge in [0.1, 0.15) is 13.1 Å². The minimum atomic E-state index is 0.988. The normalized spacial score (nSPS) is 11.8. The Balaban J connectivity index is 1.56. The van der Waals surface area contributed by atoms with Crippen molar-refractivity contribution in [2.75, 3.05) is 13.1 Å². The smallest absolute Gasteiger partial charge is 0.101 e. The Morgan fingerprint density at radius 3 is 1.47 bits per heavy atom. The van der Waals surface area contributed by atoms with Crippen LogP contribution in [0.4, 0.5) is 0 Å². The highest BCUT2D eigenvalue weighted by Crippen LogP contribution is 2.29. The summed E-state index contributed by atoms with van der Waals surface area (Å²) in [7, 11) is 0. The quantitative estimate of drug-likeness (QED) is 0.224. The van der Waals surface area contributed by atoms with Crippen LogP contribution < -0.4 is 10.6 Å². The van der Waals surface area contributed by atoms with Crippen molar-refractivity contribution in [3.8, 4) is 0 Å². The van der Waals surface area contributed by atoms with Gasteiger partial charge in [0.2, 0.25) is 0 Å². The van der Waals surface area contributed by atoms with Crippen molar-refractivity contribution < 1.29 is 10.6 Å². The van der Waals surface area contributed by atoms with Crippen molar-refractivity contribution in [3.05, 3.63) is 71.8 Å². The van der Waals surface area contributed by atoms with E-state index in [2.05, 4.69) is 85.1 Å². The van der Waals surface area contributed by atoms with Crippen LogP contribution in [-0.4, -0.2) is 23.1 Å². The number of nitrogens with two attached hydrogens (primary N) is 2. The summed E-state index contributed by atoms with van der Waals surface area (Å²) < 4.78 is 0. The summed E-state index contributed by atoms with van der Waals surface area (Å²) in [5.41, 5.74) is 6.75. The van der Waals surface area contributed by atoms with Crippen molar-refractivity contribution in [2.24, 2.45) is 0 Å². The average molecular weight is 425 g/mol. The van der Waals surface area contributed by atoms with E-state index in [1.807, 2.05) is 0 Å². The van der Waals surface area contributed by atoms with Gasteiger partial charge in [-0.25, -0.2) is 9.97 Å². The Kier molecular flexibility index (Phi) is 5.97. The van der Waals surface area contributed by atoms with Gasteiger partial charge in [0.25, 0.3) is 0 Å². The number of pyridine rings is 2. The zero-order valence-corrected chi connectivity index (χ0v) is 19.1. The molecule has 0 aliphatic heterocycles. The molecule has 4 N–H and O–H groups in total. The molecule has 0 amide bonds. The first-order valence-corrected chi connectivity index (χ1v) is 11.9. The van der Waals surface area contributed by atoms with Crippen molar-refractivity contribution in [1.82, 2.24) is 9.97 Å². The summed E-state index contributed by atoms with van der Waals surface area (Å²) in [6.45, 7) is 8.81. The summed E-state index contributed by atoms with van der Waals surface area (Å²) >= 11 is 0. The van der Waals surface area contributed by atoms with Crippen LogP contribution in [0.25, 0.3) is 43.6 Å². The number of fused-ring (bicyclic) bond motifs is 5. The zero-order valence-electron chi connectivity index (χ0n) is 19.1. The number of aromatic nitrogens is 2. The number of quaternary nitrogens is 2. The summed E-state index contributed by atoms with van der Waals surface area (Å²) in [6, 6.07) is 22.2. The molecule has 0 aliphatic rings. The molecule has 0 saturated heterocycles. The van der Waals surface area contributed by atoms with E-state index >= 15 is 0 Å². The van der Waals surface area contributed by atoms with E-state index in [1.54, 1.807) is 0 Å². The fourth-order valence-corrected chi connectivity index (χ4v) is 4.50. The van der Waals surface area contributed by atoms with E-state index in [0.29, 0.717) is 0 Å². The molecule has 2 aromatic heterocycles. The fraction of sp³-hybridized carbons (Fsp3) is 0.286. The van der Waals surface area contributed by atoms with Gasteiger partial charge in [0, 0.05) is 32.7 Å². The van der Waals surface area contributed by atoms with Crippen molar-refractivity contribution in [3.63, 3.8) is 0 Å². The molecule has 0 radical (unpaired) electrons. The fourth-order valence-electron chi connectivity index (χ4n) is 4.50. The minimum Gasteiger partial charge on any atom is -0.343 e. The largest absolute Gasteiger partial charge is 0.343 e. The second-order valence-electron chi connectivity index (χ2n) is 8.80. The molecular formula is C28H32N4+2. The van der Waals surface area contributed by atoms with Crippen molar-refractivity contribution >= 4 is 43.6 Å². The molecule has 0 saturated carbocycles. The first-order valence-electron chi connectivity index (χ1n) is 11.9. The number of benzene rings is 3. The molecule has 3 aromatic carbocycles. The molecule has 0 bridgehead atoms. The van der Waals surface area contributed by atoms with Gasteiger partial charge in [-0.3, -0.25) is 0 Å². The van der Waals surface area contributed by atoms with E-state index in [4.69, 9.17) is 9.97 Å². The maximum Gasteiger partial charge on any atom is 0.101 e. The van der Waals surface area contributed by atoms with E-state index in [0.717, 1.165) is 59.0 Å².